The Morgan fingerprint density at radius 2 is 1.66 bits per heavy atom. The maximum atomic E-state index is 13.3. The molecule has 0 heterocycles. The number of halogens is 3. The van der Waals surface area contributed by atoms with Gasteiger partial charge in [-0.2, -0.15) is 18.4 Å². The summed E-state index contributed by atoms with van der Waals surface area (Å²) < 4.78 is 39.8. The van der Waals surface area contributed by atoms with Crippen LogP contribution < -0.4 is 9.80 Å². The number of urea groups is 1. The topological polar surface area (TPSA) is 84.6 Å². The quantitative estimate of drug-likeness (QED) is 0.768. The molecule has 0 saturated heterocycles. The molecule has 1 N–H and O–H groups in total. The van der Waals surface area contributed by atoms with Crippen molar-refractivity contribution in [2.24, 2.45) is 0 Å². The predicted molar refractivity (Wildman–Crippen MR) is 101 cm³/mol. The summed E-state index contributed by atoms with van der Waals surface area (Å²) in [4.78, 5) is 26.8. The van der Waals surface area contributed by atoms with E-state index in [1.54, 1.807) is 0 Å². The fourth-order valence-corrected chi connectivity index (χ4v) is 2.68. The van der Waals surface area contributed by atoms with E-state index in [9.17, 15) is 27.9 Å². The average Bonchev–Trinajstić information content (AvgIpc) is 2.67. The molecule has 9 heteroatoms. The second-order valence-corrected chi connectivity index (χ2v) is 6.80. The molecule has 2 rings (SSSR count). The van der Waals surface area contributed by atoms with Crippen molar-refractivity contribution in [3.05, 3.63) is 53.6 Å². The van der Waals surface area contributed by atoms with Crippen LogP contribution >= 0.6 is 0 Å². The molecule has 152 valence electrons. The van der Waals surface area contributed by atoms with E-state index in [1.807, 2.05) is 0 Å². The zero-order valence-electron chi connectivity index (χ0n) is 15.9. The molecule has 0 saturated carbocycles. The summed E-state index contributed by atoms with van der Waals surface area (Å²) in [6.07, 6.45) is -4.24. The van der Waals surface area contributed by atoms with Gasteiger partial charge in [0.25, 0.3) is 0 Å². The summed E-state index contributed by atoms with van der Waals surface area (Å²) in [6.45, 7) is 2.94. The lowest BCUT2D eigenvalue weighted by Gasteiger charge is -2.37. The third-order valence-electron chi connectivity index (χ3n) is 4.27. The van der Waals surface area contributed by atoms with Crippen molar-refractivity contribution in [3.8, 4) is 11.8 Å². The summed E-state index contributed by atoms with van der Waals surface area (Å²) in [6, 6.07) is 9.07. The van der Waals surface area contributed by atoms with E-state index >= 15 is 0 Å². The summed E-state index contributed by atoms with van der Waals surface area (Å²) in [5.41, 5.74) is -2.90. The van der Waals surface area contributed by atoms with E-state index in [1.165, 1.54) is 57.3 Å². The van der Waals surface area contributed by atoms with Crippen molar-refractivity contribution in [3.63, 3.8) is 0 Å². The molecule has 0 bridgehead atoms. The minimum Gasteiger partial charge on any atom is -0.508 e. The Balaban J connectivity index is 2.53. The van der Waals surface area contributed by atoms with Crippen LogP contribution in [0.4, 0.5) is 29.3 Å². The maximum Gasteiger partial charge on any atom is 0.417 e. The molecular weight excluding hydrogens is 387 g/mol. The number of nitrogens with zero attached hydrogens (tertiary/aromatic N) is 3. The van der Waals surface area contributed by atoms with Crippen molar-refractivity contribution in [2.75, 3.05) is 16.8 Å². The Labute approximate surface area is 165 Å². The number of nitriles is 1. The molecule has 0 aliphatic rings. The fraction of sp³-hybridized carbons (Fsp3) is 0.250. The number of phenols is 1. The largest absolute Gasteiger partial charge is 0.508 e. The number of aldehydes is 1. The van der Waals surface area contributed by atoms with Gasteiger partial charge in [-0.3, -0.25) is 9.80 Å². The molecule has 2 aromatic carbocycles. The number of hydrogen-bond acceptors (Lipinski definition) is 4. The number of carbonyl (C=O) groups excluding carboxylic acids is 2. The summed E-state index contributed by atoms with van der Waals surface area (Å²) in [7, 11) is 1.26. The van der Waals surface area contributed by atoms with Crippen molar-refractivity contribution < 1.29 is 27.9 Å². The van der Waals surface area contributed by atoms with E-state index in [4.69, 9.17) is 5.26 Å². The van der Waals surface area contributed by atoms with Gasteiger partial charge < -0.3 is 9.90 Å². The molecule has 29 heavy (non-hydrogen) atoms. The van der Waals surface area contributed by atoms with E-state index in [2.05, 4.69) is 0 Å². The summed E-state index contributed by atoms with van der Waals surface area (Å²) in [5, 5.41) is 18.4. The number of anilines is 2. The third-order valence-corrected chi connectivity index (χ3v) is 4.27. The van der Waals surface area contributed by atoms with Gasteiger partial charge >= 0.3 is 12.2 Å². The lowest BCUT2D eigenvalue weighted by Crippen LogP contribution is -2.54. The van der Waals surface area contributed by atoms with E-state index in [-0.39, 0.29) is 17.1 Å². The van der Waals surface area contributed by atoms with Crippen molar-refractivity contribution >= 4 is 23.7 Å². The van der Waals surface area contributed by atoms with Gasteiger partial charge in [0, 0.05) is 18.4 Å². The Morgan fingerprint density at radius 3 is 2.14 bits per heavy atom. The highest BCUT2D eigenvalue weighted by atomic mass is 19.4. The number of hydrogen-bond donors (Lipinski definition) is 1. The monoisotopic (exact) mass is 405 g/mol. The van der Waals surface area contributed by atoms with Gasteiger partial charge in [-0.1, -0.05) is 0 Å². The first-order chi connectivity index (χ1) is 13.4. The van der Waals surface area contributed by atoms with Crippen LogP contribution in [-0.2, 0) is 11.0 Å². The van der Waals surface area contributed by atoms with Crippen LogP contribution in [0.1, 0.15) is 25.0 Å². The van der Waals surface area contributed by atoms with E-state index < -0.39 is 28.9 Å². The number of phenolic OH excluding ortho intramolecular Hbond substituents is 1. The highest BCUT2D eigenvalue weighted by Gasteiger charge is 2.37. The second kappa shape index (κ2) is 7.83. The summed E-state index contributed by atoms with van der Waals surface area (Å²) in [5.74, 6) is -0.0553. The molecule has 0 aliphatic carbocycles. The molecule has 0 fully saturated rings. The van der Waals surface area contributed by atoms with Gasteiger partial charge in [-0.15, -0.1) is 0 Å². The molecule has 6 nitrogen and oxygen atoms in total. The molecule has 2 aromatic rings. The minimum atomic E-state index is -4.77. The first-order valence-corrected chi connectivity index (χ1v) is 8.37. The highest BCUT2D eigenvalue weighted by molar-refractivity contribution is 6.06. The average molecular weight is 405 g/mol. The molecular formula is C20H18F3N3O3. The first-order valence-electron chi connectivity index (χ1n) is 8.37. The molecule has 0 radical (unpaired) electrons. The lowest BCUT2D eigenvalue weighted by atomic mass is 10.0. The van der Waals surface area contributed by atoms with Gasteiger partial charge in [0.2, 0.25) is 0 Å². The molecule has 0 spiro atoms. The van der Waals surface area contributed by atoms with Crippen LogP contribution in [0, 0.1) is 11.3 Å². The molecule has 0 aliphatic heterocycles. The molecule has 0 atom stereocenters. The van der Waals surface area contributed by atoms with Crippen LogP contribution in [0.3, 0.4) is 0 Å². The minimum absolute atomic E-state index is 0.0553. The van der Waals surface area contributed by atoms with Crippen LogP contribution in [0.5, 0.6) is 5.75 Å². The predicted octanol–water partition coefficient (Wildman–Crippen LogP) is 4.32. The van der Waals surface area contributed by atoms with Gasteiger partial charge in [0.05, 0.1) is 22.7 Å². The summed E-state index contributed by atoms with van der Waals surface area (Å²) >= 11 is 0. The van der Waals surface area contributed by atoms with Gasteiger partial charge in [-0.05, 0) is 56.3 Å². The number of amides is 2. The normalized spacial score (nSPS) is 11.5. The van der Waals surface area contributed by atoms with Crippen LogP contribution in [0.25, 0.3) is 0 Å². The van der Waals surface area contributed by atoms with Crippen molar-refractivity contribution in [1.82, 2.24) is 0 Å². The number of carbonyl (C=O) groups is 2. The highest BCUT2D eigenvalue weighted by Crippen LogP contribution is 2.35. The fourth-order valence-electron chi connectivity index (χ4n) is 2.68. The van der Waals surface area contributed by atoms with Gasteiger partial charge in [0.15, 0.2) is 0 Å². The number of benzene rings is 2. The van der Waals surface area contributed by atoms with Crippen LogP contribution in [-0.4, -0.2) is 30.0 Å². The number of aromatic hydroxyl groups is 1. The maximum absolute atomic E-state index is 13.3. The second-order valence-electron chi connectivity index (χ2n) is 6.80. The van der Waals surface area contributed by atoms with Crippen LogP contribution in [0.2, 0.25) is 0 Å². The molecule has 2 amide bonds. The smallest absolute Gasteiger partial charge is 0.417 e. The van der Waals surface area contributed by atoms with Crippen molar-refractivity contribution in [1.29, 1.82) is 5.26 Å². The Kier molecular flexibility index (Phi) is 5.88. The number of alkyl halides is 3. The Morgan fingerprint density at radius 1 is 1.10 bits per heavy atom. The van der Waals surface area contributed by atoms with E-state index in [0.29, 0.717) is 12.4 Å². The zero-order valence-corrected chi connectivity index (χ0v) is 15.9. The first kappa shape index (κ1) is 21.8. The zero-order chi connectivity index (χ0) is 22.0. The van der Waals surface area contributed by atoms with Gasteiger partial charge in [0.1, 0.15) is 12.0 Å². The Bertz CT molecular complexity index is 964. The third kappa shape index (κ3) is 4.48. The van der Waals surface area contributed by atoms with Gasteiger partial charge in [-0.25, -0.2) is 4.79 Å². The Hall–Kier alpha value is -3.54. The van der Waals surface area contributed by atoms with E-state index in [0.717, 1.165) is 15.9 Å². The SMILES string of the molecule is CN(C(=O)N(c1ccc(O)cc1)C(C)(C)C=O)c1ccc(C#N)c(C(F)(F)F)c1. The number of rotatable bonds is 4. The molecule has 0 aromatic heterocycles. The molecule has 0 unspecified atom stereocenters. The van der Waals surface area contributed by atoms with Crippen molar-refractivity contribution in [2.45, 2.75) is 25.6 Å². The standard InChI is InChI=1S/C20H18F3N3O3/c1-19(2,12-27)26(14-6-8-16(28)9-7-14)18(29)25(3)15-5-4-13(11-24)17(10-15)20(21,22)23/h4-10,12,28H,1-3H3. The lowest BCUT2D eigenvalue weighted by molar-refractivity contribution is -0.137. The van der Waals surface area contributed by atoms with Crippen LogP contribution in [0.15, 0.2) is 42.5 Å².